The summed E-state index contributed by atoms with van der Waals surface area (Å²) in [7, 11) is 0. The lowest BCUT2D eigenvalue weighted by molar-refractivity contribution is -0.141. The molecule has 0 radical (unpaired) electrons. The fraction of sp³-hybridized carbons (Fsp3) is 0.700. The fourth-order valence-corrected chi connectivity index (χ4v) is 5.40. The monoisotopic (exact) mass is 436 g/mol. The average Bonchev–Trinajstić information content (AvgIpc) is 3.53. The topological polar surface area (TPSA) is 112 Å². The third-order valence-electron chi connectivity index (χ3n) is 6.18. The number of urea groups is 1. The molecule has 0 bridgehead atoms. The van der Waals surface area contributed by atoms with E-state index in [1.165, 1.54) is 16.2 Å². The van der Waals surface area contributed by atoms with Crippen molar-refractivity contribution in [3.63, 3.8) is 0 Å². The number of rotatable bonds is 5. The van der Waals surface area contributed by atoms with Crippen molar-refractivity contribution in [2.45, 2.75) is 56.6 Å². The van der Waals surface area contributed by atoms with Gasteiger partial charge in [-0.05, 0) is 38.5 Å². The molecule has 30 heavy (non-hydrogen) atoms. The van der Waals surface area contributed by atoms with Crippen LogP contribution in [0.25, 0.3) is 0 Å². The zero-order valence-corrected chi connectivity index (χ0v) is 17.7. The standard InChI is InChI=1S/C20H28N4O5S/c25-18(24-7-1-4-16(24)19(26)27)15-12-30-17(22-15)13-5-8-23(9-6-13)20(28)21-11-14-3-2-10-29-14/h12-14,16H,1-11H2,(H,21,28)(H,26,27)/t14?,16-/m1/s1. The summed E-state index contributed by atoms with van der Waals surface area (Å²) in [6.07, 6.45) is 4.98. The van der Waals surface area contributed by atoms with Crippen molar-refractivity contribution in [2.24, 2.45) is 0 Å². The van der Waals surface area contributed by atoms with Gasteiger partial charge in [0.1, 0.15) is 11.7 Å². The van der Waals surface area contributed by atoms with Crippen molar-refractivity contribution in [1.82, 2.24) is 20.1 Å². The number of carbonyl (C=O) groups is 3. The van der Waals surface area contributed by atoms with Gasteiger partial charge in [0.15, 0.2) is 0 Å². The highest BCUT2D eigenvalue weighted by Gasteiger charge is 2.36. The molecule has 10 heteroatoms. The Hall–Kier alpha value is -2.20. The Labute approximate surface area is 179 Å². The highest BCUT2D eigenvalue weighted by molar-refractivity contribution is 7.09. The number of thiazole rings is 1. The summed E-state index contributed by atoms with van der Waals surface area (Å²) < 4.78 is 5.54. The lowest BCUT2D eigenvalue weighted by Crippen LogP contribution is -2.46. The van der Waals surface area contributed by atoms with Crippen molar-refractivity contribution in [3.05, 3.63) is 16.1 Å². The maximum atomic E-state index is 12.7. The molecule has 3 aliphatic rings. The molecule has 9 nitrogen and oxygen atoms in total. The van der Waals surface area contributed by atoms with Gasteiger partial charge in [-0.2, -0.15) is 0 Å². The van der Waals surface area contributed by atoms with Gasteiger partial charge in [-0.3, -0.25) is 4.79 Å². The Morgan fingerprint density at radius 3 is 2.67 bits per heavy atom. The normalized spacial score (nSPS) is 24.9. The van der Waals surface area contributed by atoms with Gasteiger partial charge in [-0.25, -0.2) is 14.6 Å². The summed E-state index contributed by atoms with van der Waals surface area (Å²) in [6.45, 7) is 3.10. The summed E-state index contributed by atoms with van der Waals surface area (Å²) in [5.74, 6) is -1.04. The van der Waals surface area contributed by atoms with Crippen LogP contribution in [0, 0.1) is 0 Å². The summed E-state index contributed by atoms with van der Waals surface area (Å²) >= 11 is 1.45. The quantitative estimate of drug-likeness (QED) is 0.729. The van der Waals surface area contributed by atoms with Crippen LogP contribution in [0.2, 0.25) is 0 Å². The molecule has 0 aliphatic carbocycles. The van der Waals surface area contributed by atoms with Crippen LogP contribution < -0.4 is 5.32 Å². The first-order valence-electron chi connectivity index (χ1n) is 10.7. The largest absolute Gasteiger partial charge is 0.480 e. The van der Waals surface area contributed by atoms with Gasteiger partial charge in [0, 0.05) is 44.1 Å². The second kappa shape index (κ2) is 9.30. The highest BCUT2D eigenvalue weighted by Crippen LogP contribution is 2.31. The fourth-order valence-electron chi connectivity index (χ4n) is 4.43. The summed E-state index contributed by atoms with van der Waals surface area (Å²) in [4.78, 5) is 44.2. The molecule has 4 rings (SSSR count). The number of carbonyl (C=O) groups excluding carboxylic acids is 2. The minimum Gasteiger partial charge on any atom is -0.480 e. The van der Waals surface area contributed by atoms with Gasteiger partial charge in [0.25, 0.3) is 5.91 Å². The van der Waals surface area contributed by atoms with Crippen molar-refractivity contribution in [2.75, 3.05) is 32.8 Å². The van der Waals surface area contributed by atoms with Crippen LogP contribution >= 0.6 is 11.3 Å². The van der Waals surface area contributed by atoms with E-state index in [-0.39, 0.29) is 24.0 Å². The summed E-state index contributed by atoms with van der Waals surface area (Å²) in [5, 5.41) is 14.9. The van der Waals surface area contributed by atoms with E-state index < -0.39 is 12.0 Å². The van der Waals surface area contributed by atoms with Crippen LogP contribution in [0.4, 0.5) is 4.79 Å². The predicted octanol–water partition coefficient (Wildman–Crippen LogP) is 1.90. The Balaban J connectivity index is 1.28. The Bertz CT molecular complexity index is 786. The number of nitrogens with zero attached hydrogens (tertiary/aromatic N) is 3. The van der Waals surface area contributed by atoms with Crippen LogP contribution in [0.15, 0.2) is 5.38 Å². The molecule has 3 amide bonds. The highest BCUT2D eigenvalue weighted by atomic mass is 32.1. The van der Waals surface area contributed by atoms with E-state index in [0.29, 0.717) is 44.7 Å². The molecule has 1 unspecified atom stereocenters. The van der Waals surface area contributed by atoms with Crippen molar-refractivity contribution in [3.8, 4) is 0 Å². The average molecular weight is 437 g/mol. The van der Waals surface area contributed by atoms with Gasteiger partial charge in [0.05, 0.1) is 11.1 Å². The minimum atomic E-state index is -0.957. The van der Waals surface area contributed by atoms with Crippen molar-refractivity contribution >= 4 is 29.2 Å². The molecule has 0 saturated carbocycles. The molecule has 0 spiro atoms. The van der Waals surface area contributed by atoms with Crippen LogP contribution in [0.1, 0.15) is 59.9 Å². The molecule has 2 atom stereocenters. The van der Waals surface area contributed by atoms with Crippen LogP contribution in [-0.4, -0.2) is 82.7 Å². The van der Waals surface area contributed by atoms with Gasteiger partial charge >= 0.3 is 12.0 Å². The second-order valence-corrected chi connectivity index (χ2v) is 9.04. The smallest absolute Gasteiger partial charge is 0.326 e. The lowest BCUT2D eigenvalue weighted by atomic mass is 9.98. The number of amides is 3. The molecule has 1 aromatic heterocycles. The maximum absolute atomic E-state index is 12.7. The molecule has 3 saturated heterocycles. The van der Waals surface area contributed by atoms with E-state index in [1.807, 2.05) is 4.90 Å². The maximum Gasteiger partial charge on any atom is 0.326 e. The number of hydrogen-bond donors (Lipinski definition) is 2. The number of piperidine rings is 1. The molecule has 3 fully saturated rings. The number of aromatic nitrogens is 1. The summed E-state index contributed by atoms with van der Waals surface area (Å²) in [5.41, 5.74) is 0.333. The number of aliphatic carboxylic acids is 1. The molecular weight excluding hydrogens is 408 g/mol. The first-order valence-corrected chi connectivity index (χ1v) is 11.5. The van der Waals surface area contributed by atoms with E-state index in [0.717, 1.165) is 37.3 Å². The molecular formula is C20H28N4O5S. The van der Waals surface area contributed by atoms with E-state index in [1.54, 1.807) is 5.38 Å². The predicted molar refractivity (Wildman–Crippen MR) is 110 cm³/mol. The Morgan fingerprint density at radius 2 is 1.97 bits per heavy atom. The molecule has 3 aliphatic heterocycles. The number of carboxylic acid groups (broad SMARTS) is 1. The van der Waals surface area contributed by atoms with Gasteiger partial charge < -0.3 is 25.0 Å². The van der Waals surface area contributed by atoms with Crippen molar-refractivity contribution in [1.29, 1.82) is 0 Å². The number of hydrogen-bond acceptors (Lipinski definition) is 6. The van der Waals surface area contributed by atoms with E-state index in [9.17, 15) is 19.5 Å². The van der Waals surface area contributed by atoms with E-state index in [2.05, 4.69) is 10.3 Å². The number of nitrogens with one attached hydrogen (secondary N) is 1. The van der Waals surface area contributed by atoms with Gasteiger partial charge in [-0.1, -0.05) is 0 Å². The Morgan fingerprint density at radius 1 is 1.17 bits per heavy atom. The number of carboxylic acids is 1. The Kier molecular flexibility index (Phi) is 6.52. The number of likely N-dealkylation sites (tertiary alicyclic amines) is 2. The molecule has 2 N–H and O–H groups in total. The van der Waals surface area contributed by atoms with Crippen LogP contribution in [0.3, 0.4) is 0 Å². The first-order chi connectivity index (χ1) is 14.5. The summed E-state index contributed by atoms with van der Waals surface area (Å²) in [6, 6.07) is -0.799. The third-order valence-corrected chi connectivity index (χ3v) is 7.18. The first kappa shape index (κ1) is 21.0. The van der Waals surface area contributed by atoms with Crippen molar-refractivity contribution < 1.29 is 24.2 Å². The minimum absolute atomic E-state index is 0.0484. The van der Waals surface area contributed by atoms with E-state index >= 15 is 0 Å². The lowest BCUT2D eigenvalue weighted by Gasteiger charge is -2.31. The zero-order chi connectivity index (χ0) is 21.1. The van der Waals surface area contributed by atoms with Gasteiger partial charge in [0.2, 0.25) is 0 Å². The molecule has 4 heterocycles. The molecule has 1 aromatic rings. The number of ether oxygens (including phenoxy) is 1. The zero-order valence-electron chi connectivity index (χ0n) is 16.9. The van der Waals surface area contributed by atoms with Crippen LogP contribution in [-0.2, 0) is 9.53 Å². The van der Waals surface area contributed by atoms with Gasteiger partial charge in [-0.15, -0.1) is 11.3 Å². The molecule has 164 valence electrons. The third kappa shape index (κ3) is 4.59. The second-order valence-electron chi connectivity index (χ2n) is 8.15. The molecule has 0 aromatic carbocycles. The SMILES string of the molecule is O=C(O)[C@H]1CCCN1C(=O)c1csc(C2CCN(C(=O)NCC3CCCO3)CC2)n1. The van der Waals surface area contributed by atoms with E-state index in [4.69, 9.17) is 4.74 Å². The van der Waals surface area contributed by atoms with Crippen LogP contribution in [0.5, 0.6) is 0 Å².